The molecular formula is C10H13NO2S. The zero-order valence-electron chi connectivity index (χ0n) is 7.99. The maximum atomic E-state index is 10.6. The van der Waals surface area contributed by atoms with Crippen LogP contribution in [0, 0.1) is 18.8 Å². The minimum atomic E-state index is -0.653. The van der Waals surface area contributed by atoms with Gasteiger partial charge >= 0.3 is 5.97 Å². The topological polar surface area (TPSA) is 49.3 Å². The van der Waals surface area contributed by atoms with Crippen LogP contribution in [0.5, 0.6) is 0 Å². The molecule has 0 aliphatic heterocycles. The maximum Gasteiger partial charge on any atom is 0.306 e. The zero-order chi connectivity index (χ0) is 10.1. The van der Waals surface area contributed by atoms with Crippen LogP contribution in [0.4, 0.5) is 5.00 Å². The zero-order valence-corrected chi connectivity index (χ0v) is 8.80. The number of carboxylic acids is 1. The van der Waals surface area contributed by atoms with Gasteiger partial charge in [-0.2, -0.15) is 0 Å². The van der Waals surface area contributed by atoms with Crippen LogP contribution in [0.15, 0.2) is 11.4 Å². The Morgan fingerprint density at radius 3 is 3.07 bits per heavy atom. The summed E-state index contributed by atoms with van der Waals surface area (Å²) >= 11 is 1.67. The third-order valence-corrected chi connectivity index (χ3v) is 3.60. The van der Waals surface area contributed by atoms with Gasteiger partial charge in [-0.1, -0.05) is 0 Å². The number of hydrogen-bond acceptors (Lipinski definition) is 3. The second-order valence-electron chi connectivity index (χ2n) is 3.75. The Hall–Kier alpha value is -1.03. The minimum Gasteiger partial charge on any atom is -0.481 e. The van der Waals surface area contributed by atoms with Crippen molar-refractivity contribution in [3.8, 4) is 0 Å². The van der Waals surface area contributed by atoms with Crippen LogP contribution in [0.25, 0.3) is 0 Å². The van der Waals surface area contributed by atoms with Gasteiger partial charge < -0.3 is 10.4 Å². The summed E-state index contributed by atoms with van der Waals surface area (Å²) in [4.78, 5) is 10.6. The lowest BCUT2D eigenvalue weighted by molar-refractivity contribution is -0.138. The van der Waals surface area contributed by atoms with E-state index in [1.54, 1.807) is 11.3 Å². The lowest BCUT2D eigenvalue weighted by Crippen LogP contribution is -2.08. The minimum absolute atomic E-state index is 0.109. The first-order valence-electron chi connectivity index (χ1n) is 4.69. The monoisotopic (exact) mass is 211 g/mol. The Labute approximate surface area is 86.8 Å². The summed E-state index contributed by atoms with van der Waals surface area (Å²) in [6.07, 6.45) is 0.826. The highest BCUT2D eigenvalue weighted by molar-refractivity contribution is 7.14. The molecule has 3 nitrogen and oxygen atoms in total. The van der Waals surface area contributed by atoms with E-state index < -0.39 is 5.97 Å². The van der Waals surface area contributed by atoms with E-state index in [9.17, 15) is 4.79 Å². The lowest BCUT2D eigenvalue weighted by atomic mass is 10.3. The van der Waals surface area contributed by atoms with Crippen LogP contribution in [0.2, 0.25) is 0 Å². The van der Waals surface area contributed by atoms with Gasteiger partial charge in [-0.15, -0.1) is 11.3 Å². The van der Waals surface area contributed by atoms with Gasteiger partial charge in [0.15, 0.2) is 0 Å². The average molecular weight is 211 g/mol. The van der Waals surface area contributed by atoms with Crippen molar-refractivity contribution in [1.82, 2.24) is 0 Å². The first-order chi connectivity index (χ1) is 6.68. The fraction of sp³-hybridized carbons (Fsp3) is 0.500. The summed E-state index contributed by atoms with van der Waals surface area (Å²) in [6.45, 7) is 2.85. The molecule has 1 fully saturated rings. The summed E-state index contributed by atoms with van der Waals surface area (Å²) in [6, 6.07) is 2.06. The molecule has 2 rings (SSSR count). The standard InChI is InChI=1S/C10H13NO2S/c1-6-2-3-14-9(6)11-5-7-4-8(7)10(12)13/h2-3,7-8,11H,4-5H2,1H3,(H,12,13). The maximum absolute atomic E-state index is 10.6. The molecule has 1 aromatic heterocycles. The third-order valence-electron chi connectivity index (χ3n) is 2.63. The number of anilines is 1. The van der Waals surface area contributed by atoms with Gasteiger partial charge in [0.2, 0.25) is 0 Å². The molecule has 0 amide bonds. The van der Waals surface area contributed by atoms with E-state index in [-0.39, 0.29) is 5.92 Å². The van der Waals surface area contributed by atoms with Crippen molar-refractivity contribution in [2.24, 2.45) is 11.8 Å². The molecule has 0 bridgehead atoms. The molecule has 1 aromatic rings. The number of carboxylic acid groups (broad SMARTS) is 1. The molecule has 2 N–H and O–H groups in total. The average Bonchev–Trinajstić information content (AvgIpc) is 2.81. The van der Waals surface area contributed by atoms with Gasteiger partial charge in [-0.25, -0.2) is 0 Å². The van der Waals surface area contributed by atoms with E-state index in [0.29, 0.717) is 5.92 Å². The van der Waals surface area contributed by atoms with Crippen molar-refractivity contribution < 1.29 is 9.90 Å². The quantitative estimate of drug-likeness (QED) is 0.802. The number of thiophene rings is 1. The first-order valence-corrected chi connectivity index (χ1v) is 5.57. The Kier molecular flexibility index (Phi) is 2.46. The van der Waals surface area contributed by atoms with E-state index in [2.05, 4.69) is 18.3 Å². The lowest BCUT2D eigenvalue weighted by Gasteiger charge is -2.03. The van der Waals surface area contributed by atoms with Gasteiger partial charge in [-0.3, -0.25) is 4.79 Å². The highest BCUT2D eigenvalue weighted by Gasteiger charge is 2.42. The molecule has 2 atom stereocenters. The van der Waals surface area contributed by atoms with Crippen molar-refractivity contribution in [1.29, 1.82) is 0 Å². The Balaban J connectivity index is 1.80. The predicted octanol–water partition coefficient (Wildman–Crippen LogP) is 2.19. The van der Waals surface area contributed by atoms with Gasteiger partial charge in [0.25, 0.3) is 0 Å². The molecule has 1 heterocycles. The Morgan fingerprint density at radius 1 is 1.79 bits per heavy atom. The van der Waals surface area contributed by atoms with Crippen molar-refractivity contribution in [3.63, 3.8) is 0 Å². The molecule has 0 saturated heterocycles. The van der Waals surface area contributed by atoms with E-state index in [1.807, 2.05) is 5.38 Å². The largest absolute Gasteiger partial charge is 0.481 e. The molecule has 0 radical (unpaired) electrons. The van der Waals surface area contributed by atoms with Crippen molar-refractivity contribution >= 4 is 22.3 Å². The van der Waals surface area contributed by atoms with Crippen LogP contribution in [0.1, 0.15) is 12.0 Å². The van der Waals surface area contributed by atoms with Crippen LogP contribution in [0.3, 0.4) is 0 Å². The fourth-order valence-electron chi connectivity index (χ4n) is 1.55. The Bertz CT molecular complexity index is 348. The third kappa shape index (κ3) is 1.90. The molecular weight excluding hydrogens is 198 g/mol. The van der Waals surface area contributed by atoms with E-state index >= 15 is 0 Å². The highest BCUT2D eigenvalue weighted by Crippen LogP contribution is 2.39. The van der Waals surface area contributed by atoms with E-state index in [1.165, 1.54) is 10.6 Å². The molecule has 1 saturated carbocycles. The summed E-state index contributed by atoms with van der Waals surface area (Å²) < 4.78 is 0. The highest BCUT2D eigenvalue weighted by atomic mass is 32.1. The second-order valence-corrected chi connectivity index (χ2v) is 4.67. The number of aliphatic carboxylic acids is 1. The number of carbonyl (C=O) groups is 1. The molecule has 4 heteroatoms. The molecule has 0 aromatic carbocycles. The van der Waals surface area contributed by atoms with Crippen molar-refractivity contribution in [2.75, 3.05) is 11.9 Å². The summed E-state index contributed by atoms with van der Waals surface area (Å²) in [5.74, 6) is -0.434. The molecule has 2 unspecified atom stereocenters. The first kappa shape index (κ1) is 9.52. The van der Waals surface area contributed by atoms with Crippen LogP contribution in [-0.2, 0) is 4.79 Å². The molecule has 76 valence electrons. The number of aryl methyl sites for hydroxylation is 1. The molecule has 1 aliphatic rings. The number of nitrogens with one attached hydrogen (secondary N) is 1. The fourth-order valence-corrected chi connectivity index (χ4v) is 2.38. The van der Waals surface area contributed by atoms with Gasteiger partial charge in [0, 0.05) is 6.54 Å². The smallest absolute Gasteiger partial charge is 0.306 e. The molecule has 0 spiro atoms. The second kappa shape index (κ2) is 3.61. The summed E-state index contributed by atoms with van der Waals surface area (Å²) in [5, 5.41) is 15.2. The number of hydrogen-bond donors (Lipinski definition) is 2. The SMILES string of the molecule is Cc1ccsc1NCC1CC1C(=O)O. The Morgan fingerprint density at radius 2 is 2.57 bits per heavy atom. The normalized spacial score (nSPS) is 24.6. The van der Waals surface area contributed by atoms with E-state index in [4.69, 9.17) is 5.11 Å². The number of rotatable bonds is 4. The van der Waals surface area contributed by atoms with Crippen molar-refractivity contribution in [2.45, 2.75) is 13.3 Å². The van der Waals surface area contributed by atoms with Gasteiger partial charge in [-0.05, 0) is 36.3 Å². The van der Waals surface area contributed by atoms with Crippen LogP contribution < -0.4 is 5.32 Å². The van der Waals surface area contributed by atoms with Crippen LogP contribution in [-0.4, -0.2) is 17.6 Å². The van der Waals surface area contributed by atoms with Crippen LogP contribution >= 0.6 is 11.3 Å². The van der Waals surface area contributed by atoms with Crippen molar-refractivity contribution in [3.05, 3.63) is 17.0 Å². The summed E-state index contributed by atoms with van der Waals surface area (Å²) in [5.41, 5.74) is 1.24. The van der Waals surface area contributed by atoms with E-state index in [0.717, 1.165) is 13.0 Å². The molecule has 1 aliphatic carbocycles. The predicted molar refractivity (Wildman–Crippen MR) is 56.8 cm³/mol. The van der Waals surface area contributed by atoms with Gasteiger partial charge in [0.1, 0.15) is 0 Å². The summed E-state index contributed by atoms with van der Waals surface area (Å²) in [7, 11) is 0. The van der Waals surface area contributed by atoms with Gasteiger partial charge in [0.05, 0.1) is 10.9 Å². The molecule has 14 heavy (non-hydrogen) atoms.